The molecule has 3 atom stereocenters. The Morgan fingerprint density at radius 3 is 0.828 bits per heavy atom. The number of aliphatic carboxylic acids is 3. The molecule has 0 aliphatic carbocycles. The summed E-state index contributed by atoms with van der Waals surface area (Å²) in [5.41, 5.74) is -0.708. The summed E-state index contributed by atoms with van der Waals surface area (Å²) in [7, 11) is 0. The van der Waals surface area contributed by atoms with Gasteiger partial charge in [-0.2, -0.15) is 37.9 Å². The average molecular weight is 481 g/mol. The van der Waals surface area contributed by atoms with E-state index in [-0.39, 0.29) is 19.8 Å². The van der Waals surface area contributed by atoms with Gasteiger partial charge in [0.05, 0.1) is 35.6 Å². The maximum atomic E-state index is 9.85. The number of aliphatic hydroxyl groups is 3. The molecule has 0 fully saturated rings. The number of carboxylic acid groups (broad SMARTS) is 3. The molecule has 0 spiro atoms. The molecule has 0 aromatic rings. The Kier molecular flexibility index (Phi) is 27.2. The summed E-state index contributed by atoms with van der Waals surface area (Å²) in [6, 6.07) is 0. The van der Waals surface area contributed by atoms with Crippen LogP contribution in [0.4, 0.5) is 0 Å². The largest absolute Gasteiger partial charge is 0.480 e. The number of hydrogen-bond donors (Lipinski definition) is 9. The minimum atomic E-state index is -0.842. The molecule has 0 aliphatic rings. The first kappa shape index (κ1) is 35.8. The number of carbonyl (C=O) groups is 3. The van der Waals surface area contributed by atoms with Crippen LogP contribution in [0.3, 0.4) is 0 Å². The molecule has 0 rings (SSSR count). The van der Waals surface area contributed by atoms with Crippen LogP contribution < -0.4 is 0 Å². The van der Waals surface area contributed by atoms with Crippen LogP contribution in [0, 0.1) is 5.41 Å². The minimum Gasteiger partial charge on any atom is -0.480 e. The summed E-state index contributed by atoms with van der Waals surface area (Å²) in [6.07, 6.45) is 1.75. The van der Waals surface area contributed by atoms with Crippen LogP contribution in [-0.2, 0) is 14.4 Å². The Labute approximate surface area is 188 Å². The smallest absolute Gasteiger partial charge is 0.316 e. The van der Waals surface area contributed by atoms with Crippen LogP contribution in [0.1, 0.15) is 47.0 Å². The van der Waals surface area contributed by atoms with E-state index in [2.05, 4.69) is 37.9 Å². The Bertz CT molecular complexity index is 377. The molecule has 0 aromatic heterocycles. The predicted octanol–water partition coefficient (Wildman–Crippen LogP) is 1.31. The highest BCUT2D eigenvalue weighted by Gasteiger charge is 2.20. The van der Waals surface area contributed by atoms with Crippen LogP contribution >= 0.6 is 37.9 Å². The van der Waals surface area contributed by atoms with Crippen molar-refractivity contribution in [2.24, 2.45) is 5.41 Å². The van der Waals surface area contributed by atoms with Crippen LogP contribution in [-0.4, -0.2) is 84.1 Å². The van der Waals surface area contributed by atoms with Crippen LogP contribution in [0.5, 0.6) is 0 Å². The van der Waals surface area contributed by atoms with E-state index in [0.717, 1.165) is 0 Å². The number of rotatable bonds is 9. The highest BCUT2D eigenvalue weighted by atomic mass is 32.1. The van der Waals surface area contributed by atoms with E-state index in [9.17, 15) is 14.4 Å². The quantitative estimate of drug-likeness (QED) is 0.220. The topological polar surface area (TPSA) is 173 Å². The summed E-state index contributed by atoms with van der Waals surface area (Å²) in [4.78, 5) is 29.6. The summed E-state index contributed by atoms with van der Waals surface area (Å²) in [6.45, 7) is 6.41. The third-order valence-electron chi connectivity index (χ3n) is 3.16. The zero-order chi connectivity index (χ0) is 24.2. The predicted molar refractivity (Wildman–Crippen MR) is 121 cm³/mol. The van der Waals surface area contributed by atoms with E-state index < -0.39 is 39.1 Å². The van der Waals surface area contributed by atoms with Gasteiger partial charge in [-0.15, -0.1) is 0 Å². The molecule has 0 aromatic carbocycles. The molecule has 0 amide bonds. The fourth-order valence-corrected chi connectivity index (χ4v) is 0.674. The second kappa shape index (κ2) is 22.0. The molecule has 12 heteroatoms. The molecule has 3 unspecified atom stereocenters. The first-order chi connectivity index (χ1) is 13.2. The zero-order valence-corrected chi connectivity index (χ0v) is 19.9. The first-order valence-corrected chi connectivity index (χ1v) is 10.3. The lowest BCUT2D eigenvalue weighted by Crippen LogP contribution is -2.29. The van der Waals surface area contributed by atoms with Gasteiger partial charge in [0, 0.05) is 5.41 Å². The molecule has 0 aliphatic heterocycles. The van der Waals surface area contributed by atoms with Gasteiger partial charge in [0.1, 0.15) is 0 Å². The van der Waals surface area contributed by atoms with Crippen molar-refractivity contribution in [3.8, 4) is 0 Å². The normalized spacial score (nSPS) is 13.0. The molecule has 29 heavy (non-hydrogen) atoms. The summed E-state index contributed by atoms with van der Waals surface area (Å²) < 4.78 is 0. The van der Waals surface area contributed by atoms with Crippen molar-refractivity contribution in [3.63, 3.8) is 0 Å². The first-order valence-electron chi connectivity index (χ1n) is 8.78. The molecular formula is C17H36O9S3. The van der Waals surface area contributed by atoms with Crippen LogP contribution in [0.15, 0.2) is 0 Å². The third kappa shape index (κ3) is 25.3. The van der Waals surface area contributed by atoms with E-state index in [0.29, 0.717) is 19.3 Å². The van der Waals surface area contributed by atoms with E-state index in [1.54, 1.807) is 27.7 Å². The lowest BCUT2D eigenvalue weighted by molar-refractivity contribution is -0.137. The Morgan fingerprint density at radius 1 is 0.655 bits per heavy atom. The van der Waals surface area contributed by atoms with Crippen molar-refractivity contribution in [2.75, 3.05) is 19.8 Å². The van der Waals surface area contributed by atoms with Gasteiger partial charge >= 0.3 is 17.9 Å². The average Bonchev–Trinajstić information content (AvgIpc) is 2.72. The number of hydrogen-bond acceptors (Lipinski definition) is 9. The Balaban J connectivity index is -0.000000144. The third-order valence-corrected chi connectivity index (χ3v) is 4.92. The van der Waals surface area contributed by atoms with Crippen molar-refractivity contribution >= 4 is 55.8 Å². The molecule has 0 saturated heterocycles. The van der Waals surface area contributed by atoms with Gasteiger partial charge in [0.2, 0.25) is 0 Å². The van der Waals surface area contributed by atoms with Crippen LogP contribution in [0.2, 0.25) is 0 Å². The minimum absolute atomic E-state index is 0.181. The maximum absolute atomic E-state index is 9.85. The van der Waals surface area contributed by atoms with Gasteiger partial charge < -0.3 is 30.6 Å². The molecular weight excluding hydrogens is 444 g/mol. The van der Waals surface area contributed by atoms with Crippen molar-refractivity contribution in [2.45, 2.75) is 62.7 Å². The van der Waals surface area contributed by atoms with E-state index >= 15 is 0 Å². The highest BCUT2D eigenvalue weighted by molar-refractivity contribution is 7.82. The Morgan fingerprint density at radius 2 is 0.828 bits per heavy atom. The van der Waals surface area contributed by atoms with Gasteiger partial charge in [0.15, 0.2) is 0 Å². The lowest BCUT2D eigenvalue weighted by atomic mass is 9.95. The SMILES string of the molecule is CC(CO)(CO)CO.CCC(S)C(=O)O.CCC(S)C(=O)O.CCC(S)C(=O)O. The van der Waals surface area contributed by atoms with Crippen molar-refractivity contribution < 1.29 is 45.0 Å². The molecule has 0 radical (unpaired) electrons. The van der Waals surface area contributed by atoms with Gasteiger partial charge in [0.25, 0.3) is 0 Å². The van der Waals surface area contributed by atoms with E-state index in [4.69, 9.17) is 30.6 Å². The van der Waals surface area contributed by atoms with Crippen molar-refractivity contribution in [1.29, 1.82) is 0 Å². The lowest BCUT2D eigenvalue weighted by Gasteiger charge is -2.20. The summed E-state index contributed by atoms with van der Waals surface area (Å²) in [5, 5.41) is 48.3. The molecule has 176 valence electrons. The molecule has 6 N–H and O–H groups in total. The van der Waals surface area contributed by atoms with Gasteiger partial charge in [-0.05, 0) is 19.3 Å². The molecule has 9 nitrogen and oxygen atoms in total. The number of thiol groups is 3. The van der Waals surface area contributed by atoms with Crippen LogP contribution in [0.25, 0.3) is 0 Å². The number of aliphatic hydroxyl groups excluding tert-OH is 3. The maximum Gasteiger partial charge on any atom is 0.316 e. The van der Waals surface area contributed by atoms with Crippen molar-refractivity contribution in [1.82, 2.24) is 0 Å². The Hall–Kier alpha value is -0.660. The standard InChI is InChI=1S/C5H12O3.3C4H8O2S/c1-5(2-6,3-7)4-8;3*1-2-3(7)4(5)6/h6-8H,2-4H2,1H3;3*3,7H,2H2,1H3,(H,5,6). The fourth-order valence-electron chi connectivity index (χ4n) is 0.674. The molecule has 0 bridgehead atoms. The van der Waals surface area contributed by atoms with Gasteiger partial charge in [-0.1, -0.05) is 27.7 Å². The molecule has 0 saturated carbocycles. The summed E-state index contributed by atoms with van der Waals surface area (Å²) in [5.74, 6) is -2.53. The monoisotopic (exact) mass is 480 g/mol. The van der Waals surface area contributed by atoms with Gasteiger partial charge in [-0.25, -0.2) is 0 Å². The molecule has 0 heterocycles. The summed E-state index contributed by atoms with van der Waals surface area (Å²) >= 11 is 11.2. The van der Waals surface area contributed by atoms with Gasteiger partial charge in [-0.3, -0.25) is 14.4 Å². The van der Waals surface area contributed by atoms with E-state index in [1.165, 1.54) is 0 Å². The van der Waals surface area contributed by atoms with E-state index in [1.807, 2.05) is 0 Å². The van der Waals surface area contributed by atoms with Crippen molar-refractivity contribution in [3.05, 3.63) is 0 Å². The second-order valence-electron chi connectivity index (χ2n) is 6.07. The fraction of sp³-hybridized carbons (Fsp3) is 0.824. The highest BCUT2D eigenvalue weighted by Crippen LogP contribution is 2.11. The zero-order valence-electron chi connectivity index (χ0n) is 17.2. The number of carboxylic acids is 3. The second-order valence-corrected chi connectivity index (χ2v) is 7.94.